The number of aliphatic carboxylic acids is 1. The first-order valence-electron chi connectivity index (χ1n) is 8.45. The second-order valence-corrected chi connectivity index (χ2v) is 7.40. The van der Waals surface area contributed by atoms with E-state index in [4.69, 9.17) is 0 Å². The minimum absolute atomic E-state index is 0.486. The number of hydrogen-bond donors (Lipinski definition) is 1. The Morgan fingerprint density at radius 3 is 2.55 bits per heavy atom. The van der Waals surface area contributed by atoms with Gasteiger partial charge in [-0.1, -0.05) is 26.7 Å². The molecule has 0 amide bonds. The van der Waals surface area contributed by atoms with E-state index in [1.54, 1.807) is 0 Å². The van der Waals surface area contributed by atoms with Gasteiger partial charge in [-0.25, -0.2) is 0 Å². The summed E-state index contributed by atoms with van der Waals surface area (Å²) in [6.45, 7) is 7.57. The number of piperidine rings is 1. The Morgan fingerprint density at radius 1 is 1.15 bits per heavy atom. The molecule has 2 rings (SSSR count). The van der Waals surface area contributed by atoms with E-state index >= 15 is 0 Å². The van der Waals surface area contributed by atoms with Gasteiger partial charge in [-0.05, 0) is 63.8 Å². The van der Waals surface area contributed by atoms with E-state index in [0.29, 0.717) is 6.04 Å². The van der Waals surface area contributed by atoms with E-state index in [-0.39, 0.29) is 0 Å². The standard InChI is InChI=1S/C17H31NO2/c1-13(2)14-7-6-8-15(10-9-14)18-12-5-4-11-17(18,3)16(19)20/h13-15H,4-12H2,1-3H3,(H,19,20). The molecule has 1 aliphatic carbocycles. The van der Waals surface area contributed by atoms with Gasteiger partial charge in [-0.3, -0.25) is 9.69 Å². The lowest BCUT2D eigenvalue weighted by Crippen LogP contribution is -2.58. The highest BCUT2D eigenvalue weighted by Gasteiger charge is 2.44. The zero-order chi connectivity index (χ0) is 14.8. The number of hydrogen-bond acceptors (Lipinski definition) is 2. The summed E-state index contributed by atoms with van der Waals surface area (Å²) in [5, 5.41) is 9.67. The van der Waals surface area contributed by atoms with Crippen LogP contribution in [0.2, 0.25) is 0 Å². The van der Waals surface area contributed by atoms with Crippen molar-refractivity contribution in [3.05, 3.63) is 0 Å². The summed E-state index contributed by atoms with van der Waals surface area (Å²) in [4.78, 5) is 14.1. The average Bonchev–Trinajstić information content (AvgIpc) is 2.64. The number of nitrogens with zero attached hydrogens (tertiary/aromatic N) is 1. The predicted octanol–water partition coefficient (Wildman–Crippen LogP) is 3.92. The SMILES string of the molecule is CC(C)C1CCCC(N2CCCCC2(C)C(=O)O)CC1. The molecule has 1 saturated heterocycles. The van der Waals surface area contributed by atoms with Gasteiger partial charge < -0.3 is 5.11 Å². The van der Waals surface area contributed by atoms with Crippen molar-refractivity contribution >= 4 is 5.97 Å². The monoisotopic (exact) mass is 281 g/mol. The van der Waals surface area contributed by atoms with Crippen LogP contribution < -0.4 is 0 Å². The van der Waals surface area contributed by atoms with Gasteiger partial charge in [-0.2, -0.15) is 0 Å². The molecule has 116 valence electrons. The quantitative estimate of drug-likeness (QED) is 0.797. The smallest absolute Gasteiger partial charge is 0.323 e. The van der Waals surface area contributed by atoms with Gasteiger partial charge in [0.25, 0.3) is 0 Å². The molecule has 1 N–H and O–H groups in total. The van der Waals surface area contributed by atoms with E-state index in [1.165, 1.54) is 32.1 Å². The maximum atomic E-state index is 11.7. The van der Waals surface area contributed by atoms with Gasteiger partial charge in [0, 0.05) is 6.04 Å². The van der Waals surface area contributed by atoms with E-state index in [0.717, 1.165) is 37.6 Å². The Labute approximate surface area is 123 Å². The lowest BCUT2D eigenvalue weighted by atomic mass is 9.85. The molecule has 1 heterocycles. The molecule has 3 nitrogen and oxygen atoms in total. The van der Waals surface area contributed by atoms with Crippen molar-refractivity contribution in [2.45, 2.75) is 83.7 Å². The van der Waals surface area contributed by atoms with Crippen molar-refractivity contribution < 1.29 is 9.90 Å². The van der Waals surface area contributed by atoms with Gasteiger partial charge in [0.1, 0.15) is 5.54 Å². The zero-order valence-corrected chi connectivity index (χ0v) is 13.4. The third kappa shape index (κ3) is 3.19. The van der Waals surface area contributed by atoms with Gasteiger partial charge >= 0.3 is 5.97 Å². The molecule has 0 spiro atoms. The lowest BCUT2D eigenvalue weighted by molar-refractivity contribution is -0.155. The van der Waals surface area contributed by atoms with Crippen LogP contribution in [0.3, 0.4) is 0 Å². The summed E-state index contributed by atoms with van der Waals surface area (Å²) in [7, 11) is 0. The van der Waals surface area contributed by atoms with E-state index in [2.05, 4.69) is 18.7 Å². The Kier molecular flexibility index (Phi) is 5.11. The molecular weight excluding hydrogens is 250 g/mol. The largest absolute Gasteiger partial charge is 0.480 e. The van der Waals surface area contributed by atoms with Crippen LogP contribution in [0.4, 0.5) is 0 Å². The first-order valence-corrected chi connectivity index (χ1v) is 8.45. The first kappa shape index (κ1) is 15.8. The maximum Gasteiger partial charge on any atom is 0.323 e. The zero-order valence-electron chi connectivity index (χ0n) is 13.4. The summed E-state index contributed by atoms with van der Waals surface area (Å²) in [5.74, 6) is 0.976. The molecule has 2 aliphatic rings. The number of rotatable bonds is 3. The Morgan fingerprint density at radius 2 is 1.90 bits per heavy atom. The molecule has 0 aromatic carbocycles. The minimum Gasteiger partial charge on any atom is -0.480 e. The highest BCUT2D eigenvalue weighted by molar-refractivity contribution is 5.78. The summed E-state index contributed by atoms with van der Waals surface area (Å²) in [6, 6.07) is 0.486. The third-order valence-corrected chi connectivity index (χ3v) is 5.77. The van der Waals surface area contributed by atoms with E-state index < -0.39 is 11.5 Å². The molecular formula is C17H31NO2. The number of likely N-dealkylation sites (tertiary alicyclic amines) is 1. The Balaban J connectivity index is 2.07. The van der Waals surface area contributed by atoms with Crippen molar-refractivity contribution in [3.8, 4) is 0 Å². The topological polar surface area (TPSA) is 40.5 Å². The highest BCUT2D eigenvalue weighted by Crippen LogP contribution is 2.37. The van der Waals surface area contributed by atoms with Crippen molar-refractivity contribution in [2.75, 3.05) is 6.54 Å². The second-order valence-electron chi connectivity index (χ2n) is 7.40. The molecule has 2 fully saturated rings. The van der Waals surface area contributed by atoms with Crippen LogP contribution in [-0.4, -0.2) is 34.1 Å². The third-order valence-electron chi connectivity index (χ3n) is 5.77. The summed E-state index contributed by atoms with van der Waals surface area (Å²) in [5.41, 5.74) is -0.624. The molecule has 3 unspecified atom stereocenters. The molecule has 0 aromatic rings. The van der Waals surface area contributed by atoms with Crippen molar-refractivity contribution in [2.24, 2.45) is 11.8 Å². The van der Waals surface area contributed by atoms with Crippen LogP contribution in [0.25, 0.3) is 0 Å². The van der Waals surface area contributed by atoms with Crippen LogP contribution in [0.5, 0.6) is 0 Å². The summed E-state index contributed by atoms with van der Waals surface area (Å²) in [6.07, 6.45) is 9.26. The molecule has 0 radical (unpaired) electrons. The number of carboxylic acid groups (broad SMARTS) is 1. The van der Waals surface area contributed by atoms with Crippen molar-refractivity contribution in [3.63, 3.8) is 0 Å². The molecule has 20 heavy (non-hydrogen) atoms. The fourth-order valence-electron chi connectivity index (χ4n) is 4.25. The molecule has 3 heteroatoms. The van der Waals surface area contributed by atoms with E-state index in [1.807, 2.05) is 6.92 Å². The van der Waals surface area contributed by atoms with E-state index in [9.17, 15) is 9.90 Å². The first-order chi connectivity index (χ1) is 9.45. The fraction of sp³-hybridized carbons (Fsp3) is 0.941. The highest BCUT2D eigenvalue weighted by atomic mass is 16.4. The van der Waals surface area contributed by atoms with Gasteiger partial charge in [-0.15, -0.1) is 0 Å². The summed E-state index contributed by atoms with van der Waals surface area (Å²) < 4.78 is 0. The second kappa shape index (κ2) is 6.46. The van der Waals surface area contributed by atoms with Gasteiger partial charge in [0.15, 0.2) is 0 Å². The van der Waals surface area contributed by atoms with Gasteiger partial charge in [0.05, 0.1) is 0 Å². The van der Waals surface area contributed by atoms with Crippen LogP contribution in [0, 0.1) is 11.8 Å². The maximum absolute atomic E-state index is 11.7. The molecule has 0 bridgehead atoms. The Bertz CT molecular complexity index is 342. The predicted molar refractivity (Wildman–Crippen MR) is 81.8 cm³/mol. The fourth-order valence-corrected chi connectivity index (χ4v) is 4.25. The van der Waals surface area contributed by atoms with Crippen LogP contribution in [0.15, 0.2) is 0 Å². The van der Waals surface area contributed by atoms with Crippen molar-refractivity contribution in [1.82, 2.24) is 4.90 Å². The van der Waals surface area contributed by atoms with Crippen LogP contribution in [0.1, 0.15) is 72.1 Å². The van der Waals surface area contributed by atoms with Crippen LogP contribution in [-0.2, 0) is 4.79 Å². The molecule has 0 aromatic heterocycles. The molecule has 1 aliphatic heterocycles. The number of carboxylic acids is 1. The van der Waals surface area contributed by atoms with Crippen molar-refractivity contribution in [1.29, 1.82) is 0 Å². The minimum atomic E-state index is -0.624. The average molecular weight is 281 g/mol. The summed E-state index contributed by atoms with van der Waals surface area (Å²) >= 11 is 0. The number of carbonyl (C=O) groups is 1. The van der Waals surface area contributed by atoms with Crippen LogP contribution >= 0.6 is 0 Å². The molecule has 3 atom stereocenters. The Hall–Kier alpha value is -0.570. The lowest BCUT2D eigenvalue weighted by Gasteiger charge is -2.46. The molecule has 1 saturated carbocycles. The normalized spacial score (nSPS) is 36.8. The van der Waals surface area contributed by atoms with Gasteiger partial charge in [0.2, 0.25) is 0 Å².